The molecule has 102 valence electrons. The average Bonchev–Trinajstić information content (AvgIpc) is 2.87. The van der Waals surface area contributed by atoms with Crippen LogP contribution in [0.5, 0.6) is 0 Å². The standard InChI is InChI=1S/C12H17ClN6/c1-2-19-5-3-4-8(7-19)15-10-9-6-14-18-11(9)17-12(13)16-10/h6,8H,2-5,7H2,1H3,(H2,14,15,16,17,18). The minimum absolute atomic E-state index is 0.238. The fraction of sp³-hybridized carbons (Fsp3) is 0.583. The summed E-state index contributed by atoms with van der Waals surface area (Å²) in [6, 6.07) is 0.401. The van der Waals surface area contributed by atoms with Crippen LogP contribution >= 0.6 is 11.6 Å². The van der Waals surface area contributed by atoms with Crippen LogP contribution in [0.25, 0.3) is 11.0 Å². The molecule has 1 atom stereocenters. The molecule has 6 nitrogen and oxygen atoms in total. The number of hydrogen-bond donors (Lipinski definition) is 2. The highest BCUT2D eigenvalue weighted by molar-refractivity contribution is 6.28. The predicted molar refractivity (Wildman–Crippen MR) is 75.5 cm³/mol. The largest absolute Gasteiger partial charge is 0.365 e. The molecule has 3 heterocycles. The minimum Gasteiger partial charge on any atom is -0.365 e. The van der Waals surface area contributed by atoms with E-state index in [0.29, 0.717) is 11.7 Å². The average molecular weight is 281 g/mol. The fourth-order valence-corrected chi connectivity index (χ4v) is 2.74. The van der Waals surface area contributed by atoms with Crippen LogP contribution in [0.15, 0.2) is 6.20 Å². The van der Waals surface area contributed by atoms with Crippen LogP contribution in [0.1, 0.15) is 19.8 Å². The van der Waals surface area contributed by atoms with Gasteiger partial charge in [-0.1, -0.05) is 6.92 Å². The van der Waals surface area contributed by atoms with E-state index >= 15 is 0 Å². The van der Waals surface area contributed by atoms with E-state index in [-0.39, 0.29) is 5.28 Å². The number of rotatable bonds is 3. The first-order chi connectivity index (χ1) is 9.26. The molecule has 7 heteroatoms. The molecule has 19 heavy (non-hydrogen) atoms. The Balaban J connectivity index is 1.82. The van der Waals surface area contributed by atoms with Gasteiger partial charge in [-0.05, 0) is 37.5 Å². The van der Waals surface area contributed by atoms with Gasteiger partial charge in [-0.3, -0.25) is 5.10 Å². The normalized spacial score (nSPS) is 20.8. The zero-order chi connectivity index (χ0) is 13.2. The molecule has 1 aliphatic heterocycles. The number of hydrogen-bond acceptors (Lipinski definition) is 5. The molecular formula is C12H17ClN6. The van der Waals surface area contributed by atoms with Gasteiger partial charge >= 0.3 is 0 Å². The van der Waals surface area contributed by atoms with E-state index in [9.17, 15) is 0 Å². The number of likely N-dealkylation sites (N-methyl/N-ethyl adjacent to an activating group) is 1. The Kier molecular flexibility index (Phi) is 3.52. The molecule has 0 aliphatic carbocycles. The van der Waals surface area contributed by atoms with Gasteiger partial charge in [0, 0.05) is 12.6 Å². The van der Waals surface area contributed by atoms with E-state index in [1.807, 2.05) is 0 Å². The van der Waals surface area contributed by atoms with E-state index in [0.717, 1.165) is 30.7 Å². The first-order valence-corrected chi connectivity index (χ1v) is 6.99. The second-order valence-electron chi connectivity index (χ2n) is 4.85. The van der Waals surface area contributed by atoms with Crippen molar-refractivity contribution in [2.24, 2.45) is 0 Å². The van der Waals surface area contributed by atoms with Crippen LogP contribution in [0.4, 0.5) is 5.82 Å². The summed E-state index contributed by atoms with van der Waals surface area (Å²) >= 11 is 5.93. The summed E-state index contributed by atoms with van der Waals surface area (Å²) in [5.74, 6) is 0.770. The van der Waals surface area contributed by atoms with E-state index in [2.05, 4.69) is 37.3 Å². The van der Waals surface area contributed by atoms with Crippen molar-refractivity contribution in [2.75, 3.05) is 25.0 Å². The molecule has 0 spiro atoms. The lowest BCUT2D eigenvalue weighted by Crippen LogP contribution is -2.42. The van der Waals surface area contributed by atoms with Crippen LogP contribution in [-0.2, 0) is 0 Å². The molecule has 1 fully saturated rings. The van der Waals surface area contributed by atoms with Crippen molar-refractivity contribution in [3.05, 3.63) is 11.5 Å². The Morgan fingerprint density at radius 1 is 1.53 bits per heavy atom. The summed E-state index contributed by atoms with van der Waals surface area (Å²) in [4.78, 5) is 10.8. The molecule has 2 N–H and O–H groups in total. The lowest BCUT2D eigenvalue weighted by atomic mass is 10.1. The van der Waals surface area contributed by atoms with Crippen LogP contribution in [-0.4, -0.2) is 50.7 Å². The zero-order valence-corrected chi connectivity index (χ0v) is 11.6. The number of anilines is 1. The van der Waals surface area contributed by atoms with Crippen molar-refractivity contribution in [1.82, 2.24) is 25.1 Å². The van der Waals surface area contributed by atoms with Crippen molar-refractivity contribution in [2.45, 2.75) is 25.8 Å². The SMILES string of the molecule is CCN1CCCC(Nc2nc(Cl)nc3[nH]ncc23)C1. The molecule has 0 radical (unpaired) electrons. The predicted octanol–water partition coefficient (Wildman–Crippen LogP) is 1.90. The number of nitrogens with one attached hydrogen (secondary N) is 2. The molecule has 1 unspecified atom stereocenters. The molecule has 1 saturated heterocycles. The van der Waals surface area contributed by atoms with Crippen LogP contribution < -0.4 is 5.32 Å². The molecule has 3 rings (SSSR count). The number of aromatic amines is 1. The van der Waals surface area contributed by atoms with Gasteiger partial charge in [0.1, 0.15) is 5.82 Å². The second-order valence-corrected chi connectivity index (χ2v) is 5.19. The van der Waals surface area contributed by atoms with E-state index in [1.165, 1.54) is 13.0 Å². The van der Waals surface area contributed by atoms with Crippen LogP contribution in [0, 0.1) is 0 Å². The molecule has 2 aromatic rings. The lowest BCUT2D eigenvalue weighted by molar-refractivity contribution is 0.226. The van der Waals surface area contributed by atoms with E-state index in [4.69, 9.17) is 11.6 Å². The highest BCUT2D eigenvalue weighted by Crippen LogP contribution is 2.22. The smallest absolute Gasteiger partial charge is 0.226 e. The minimum atomic E-state index is 0.238. The van der Waals surface area contributed by atoms with E-state index in [1.54, 1.807) is 6.20 Å². The number of aromatic nitrogens is 4. The Morgan fingerprint density at radius 3 is 3.26 bits per heavy atom. The highest BCUT2D eigenvalue weighted by Gasteiger charge is 2.20. The first-order valence-electron chi connectivity index (χ1n) is 6.61. The lowest BCUT2D eigenvalue weighted by Gasteiger charge is -2.32. The van der Waals surface area contributed by atoms with Crippen molar-refractivity contribution in [3.63, 3.8) is 0 Å². The number of nitrogens with zero attached hydrogens (tertiary/aromatic N) is 4. The molecule has 0 amide bonds. The van der Waals surface area contributed by atoms with Gasteiger partial charge in [0.2, 0.25) is 5.28 Å². The van der Waals surface area contributed by atoms with Gasteiger partial charge in [-0.15, -0.1) is 0 Å². The number of H-pyrrole nitrogens is 1. The number of halogens is 1. The third kappa shape index (κ3) is 2.64. The monoisotopic (exact) mass is 280 g/mol. The van der Waals surface area contributed by atoms with Crippen LogP contribution in [0.3, 0.4) is 0 Å². The molecule has 1 aliphatic rings. The van der Waals surface area contributed by atoms with Gasteiger partial charge < -0.3 is 10.2 Å². The molecule has 0 bridgehead atoms. The Hall–Kier alpha value is -1.40. The van der Waals surface area contributed by atoms with Crippen LogP contribution in [0.2, 0.25) is 5.28 Å². The quantitative estimate of drug-likeness (QED) is 0.841. The van der Waals surface area contributed by atoms with Crippen molar-refractivity contribution < 1.29 is 0 Å². The Bertz CT molecular complexity index is 568. The van der Waals surface area contributed by atoms with Gasteiger partial charge in [0.05, 0.1) is 11.6 Å². The zero-order valence-electron chi connectivity index (χ0n) is 10.9. The van der Waals surface area contributed by atoms with E-state index < -0.39 is 0 Å². The Morgan fingerprint density at radius 2 is 2.42 bits per heavy atom. The van der Waals surface area contributed by atoms with Gasteiger partial charge in [0.25, 0.3) is 0 Å². The number of fused-ring (bicyclic) bond motifs is 1. The first kappa shape index (κ1) is 12.6. The fourth-order valence-electron chi connectivity index (χ4n) is 2.57. The van der Waals surface area contributed by atoms with Gasteiger partial charge in [0.15, 0.2) is 5.65 Å². The molecule has 0 saturated carbocycles. The Labute approximate surface area is 116 Å². The molecular weight excluding hydrogens is 264 g/mol. The maximum absolute atomic E-state index is 5.93. The summed E-state index contributed by atoms with van der Waals surface area (Å²) < 4.78 is 0. The highest BCUT2D eigenvalue weighted by atomic mass is 35.5. The van der Waals surface area contributed by atoms with Crippen molar-refractivity contribution >= 4 is 28.5 Å². The maximum atomic E-state index is 5.93. The van der Waals surface area contributed by atoms with Crippen molar-refractivity contribution in [1.29, 1.82) is 0 Å². The molecule has 0 aromatic carbocycles. The molecule has 2 aromatic heterocycles. The summed E-state index contributed by atoms with van der Waals surface area (Å²) in [5.41, 5.74) is 0.672. The second kappa shape index (κ2) is 5.30. The summed E-state index contributed by atoms with van der Waals surface area (Å²) in [5, 5.41) is 11.4. The number of piperidine rings is 1. The summed E-state index contributed by atoms with van der Waals surface area (Å²) in [7, 11) is 0. The van der Waals surface area contributed by atoms with Crippen molar-refractivity contribution in [3.8, 4) is 0 Å². The third-order valence-corrected chi connectivity index (χ3v) is 3.75. The summed E-state index contributed by atoms with van der Waals surface area (Å²) in [6.07, 6.45) is 4.09. The topological polar surface area (TPSA) is 69.7 Å². The maximum Gasteiger partial charge on any atom is 0.226 e. The third-order valence-electron chi connectivity index (χ3n) is 3.58. The summed E-state index contributed by atoms with van der Waals surface area (Å²) in [6.45, 7) is 5.50. The van der Waals surface area contributed by atoms with Gasteiger partial charge in [-0.2, -0.15) is 15.1 Å². The number of likely N-dealkylation sites (tertiary alicyclic amines) is 1. The van der Waals surface area contributed by atoms with Gasteiger partial charge in [-0.25, -0.2) is 0 Å².